The monoisotopic (exact) mass is 344 g/mol. The Balaban J connectivity index is 1.47. The summed E-state index contributed by atoms with van der Waals surface area (Å²) in [6, 6.07) is 0. The van der Waals surface area contributed by atoms with Crippen LogP contribution >= 0.6 is 0 Å². The van der Waals surface area contributed by atoms with Gasteiger partial charge in [0.25, 0.3) is 5.92 Å². The molecule has 0 N–H and O–H groups in total. The third kappa shape index (κ3) is 3.72. The number of hydrogen-bond donors (Lipinski definition) is 0. The summed E-state index contributed by atoms with van der Waals surface area (Å²) < 4.78 is 35.6. The second kappa shape index (κ2) is 6.26. The first-order valence-electron chi connectivity index (χ1n) is 8.91. The van der Waals surface area contributed by atoms with Crippen LogP contribution in [-0.4, -0.2) is 30.1 Å². The average molecular weight is 344 g/mol. The number of carbonyl (C=O) groups excluding carboxylic acids is 2. The van der Waals surface area contributed by atoms with Crippen molar-refractivity contribution in [1.29, 1.82) is 0 Å². The zero-order valence-corrected chi connectivity index (χ0v) is 14.4. The third-order valence-corrected chi connectivity index (χ3v) is 6.11. The van der Waals surface area contributed by atoms with Gasteiger partial charge in [0.15, 0.2) is 6.61 Å². The maximum Gasteiger partial charge on any atom is 0.306 e. The number of halogens is 2. The van der Waals surface area contributed by atoms with E-state index in [1.807, 2.05) is 6.92 Å². The summed E-state index contributed by atoms with van der Waals surface area (Å²) in [6.45, 7) is 1.77. The number of esters is 2. The van der Waals surface area contributed by atoms with Gasteiger partial charge in [0.2, 0.25) is 0 Å². The van der Waals surface area contributed by atoms with E-state index < -0.39 is 30.1 Å². The molecule has 4 aliphatic rings. The molecule has 4 saturated carbocycles. The quantitative estimate of drug-likeness (QED) is 0.689. The molecule has 0 aliphatic heterocycles. The summed E-state index contributed by atoms with van der Waals surface area (Å²) in [5.41, 5.74) is -0.426. The third-order valence-electron chi connectivity index (χ3n) is 6.11. The van der Waals surface area contributed by atoms with Gasteiger partial charge in [-0.1, -0.05) is 0 Å². The minimum atomic E-state index is -3.05. The van der Waals surface area contributed by atoms with Crippen LogP contribution in [0.15, 0.2) is 0 Å². The molecule has 4 fully saturated rings. The first kappa shape index (κ1) is 17.6. The molecule has 24 heavy (non-hydrogen) atoms. The molecular formula is C18H26F2O4. The van der Waals surface area contributed by atoms with Gasteiger partial charge in [0.05, 0.1) is 12.8 Å². The molecule has 6 heteroatoms. The molecule has 4 aliphatic carbocycles. The molecule has 0 amide bonds. The maximum absolute atomic E-state index is 12.6. The zero-order chi connectivity index (χ0) is 17.5. The Hall–Kier alpha value is -1.20. The van der Waals surface area contributed by atoms with Crippen molar-refractivity contribution in [3.8, 4) is 0 Å². The molecular weight excluding hydrogens is 318 g/mol. The highest BCUT2D eigenvalue weighted by molar-refractivity contribution is 5.78. The van der Waals surface area contributed by atoms with E-state index in [2.05, 4.69) is 4.74 Å². The molecule has 0 heterocycles. The summed E-state index contributed by atoms with van der Waals surface area (Å²) in [5, 5.41) is 0. The highest BCUT2D eigenvalue weighted by Crippen LogP contribution is 2.59. The van der Waals surface area contributed by atoms with Crippen molar-refractivity contribution in [1.82, 2.24) is 0 Å². The van der Waals surface area contributed by atoms with Gasteiger partial charge in [0.1, 0.15) is 5.60 Å². The van der Waals surface area contributed by atoms with Gasteiger partial charge in [-0.15, -0.1) is 0 Å². The van der Waals surface area contributed by atoms with Gasteiger partial charge >= 0.3 is 11.9 Å². The lowest BCUT2D eigenvalue weighted by Gasteiger charge is -2.59. The molecule has 4 nitrogen and oxygen atoms in total. The van der Waals surface area contributed by atoms with Crippen LogP contribution in [0.3, 0.4) is 0 Å². The van der Waals surface area contributed by atoms with Crippen LogP contribution < -0.4 is 0 Å². The Bertz CT molecular complexity index is 484. The van der Waals surface area contributed by atoms with Crippen LogP contribution in [-0.2, 0) is 19.1 Å². The molecule has 0 saturated heterocycles. The van der Waals surface area contributed by atoms with E-state index in [0.717, 1.165) is 37.5 Å². The van der Waals surface area contributed by atoms with Crippen molar-refractivity contribution in [3.05, 3.63) is 0 Å². The fraction of sp³-hybridized carbons (Fsp3) is 0.889. The maximum atomic E-state index is 12.6. The fourth-order valence-corrected chi connectivity index (χ4v) is 5.07. The van der Waals surface area contributed by atoms with E-state index in [1.54, 1.807) is 0 Å². The van der Waals surface area contributed by atoms with Gasteiger partial charge in [-0.05, 0) is 62.7 Å². The number of rotatable bonds is 6. The average Bonchev–Trinajstić information content (AvgIpc) is 2.47. The summed E-state index contributed by atoms with van der Waals surface area (Å²) in [7, 11) is 0. The van der Waals surface area contributed by atoms with Crippen molar-refractivity contribution in [2.45, 2.75) is 70.3 Å². The van der Waals surface area contributed by atoms with Crippen LogP contribution in [0.4, 0.5) is 8.78 Å². The molecule has 0 radical (unpaired) electrons. The Kier molecular flexibility index (Phi) is 4.60. The summed E-state index contributed by atoms with van der Waals surface area (Å²) >= 11 is 0. The largest absolute Gasteiger partial charge is 0.459 e. The highest BCUT2D eigenvalue weighted by atomic mass is 19.3. The number of carbonyl (C=O) groups is 2. The molecule has 0 atom stereocenters. The second-order valence-corrected chi connectivity index (χ2v) is 8.19. The predicted octanol–water partition coefficient (Wildman–Crippen LogP) is 3.72. The van der Waals surface area contributed by atoms with Crippen LogP contribution in [0.1, 0.15) is 58.8 Å². The Morgan fingerprint density at radius 1 is 1.00 bits per heavy atom. The van der Waals surface area contributed by atoms with Gasteiger partial charge in [-0.25, -0.2) is 8.78 Å². The predicted molar refractivity (Wildman–Crippen MR) is 82.4 cm³/mol. The molecule has 0 aromatic rings. The van der Waals surface area contributed by atoms with Crippen LogP contribution in [0.5, 0.6) is 0 Å². The Morgan fingerprint density at radius 3 is 2.00 bits per heavy atom. The summed E-state index contributed by atoms with van der Waals surface area (Å²) in [5.74, 6) is -1.86. The Morgan fingerprint density at radius 2 is 1.50 bits per heavy atom. The lowest BCUT2D eigenvalue weighted by molar-refractivity contribution is -0.203. The number of hydrogen-bond acceptors (Lipinski definition) is 4. The van der Waals surface area contributed by atoms with Gasteiger partial charge in [-0.2, -0.15) is 0 Å². The molecule has 0 aromatic carbocycles. The standard InChI is InChI=1S/C18H26F2O4/c1-17(19,20)10-23-15(21)3-4-16(22)24-18(2)13-6-11-5-12(8-13)9-14(18)7-11/h11-14H,3-10H2,1-2H3. The fourth-order valence-electron chi connectivity index (χ4n) is 5.07. The molecule has 4 rings (SSSR count). The van der Waals surface area contributed by atoms with E-state index in [0.29, 0.717) is 18.8 Å². The van der Waals surface area contributed by atoms with E-state index in [9.17, 15) is 18.4 Å². The minimum absolute atomic E-state index is 0.115. The first-order valence-corrected chi connectivity index (χ1v) is 8.91. The van der Waals surface area contributed by atoms with Crippen molar-refractivity contribution in [3.63, 3.8) is 0 Å². The van der Waals surface area contributed by atoms with Gasteiger partial charge in [0, 0.05) is 6.92 Å². The number of alkyl halides is 2. The highest BCUT2D eigenvalue weighted by Gasteiger charge is 2.56. The minimum Gasteiger partial charge on any atom is -0.459 e. The molecule has 0 spiro atoms. The van der Waals surface area contributed by atoms with E-state index in [-0.39, 0.29) is 12.8 Å². The van der Waals surface area contributed by atoms with E-state index in [1.165, 1.54) is 6.42 Å². The SMILES string of the molecule is CC(F)(F)COC(=O)CCC(=O)OC1(C)C2CC3CC(C2)CC1C3. The van der Waals surface area contributed by atoms with Crippen LogP contribution in [0.2, 0.25) is 0 Å². The zero-order valence-electron chi connectivity index (χ0n) is 14.4. The normalized spacial score (nSPS) is 37.3. The lowest BCUT2D eigenvalue weighted by Crippen LogP contribution is -2.58. The summed E-state index contributed by atoms with van der Waals surface area (Å²) in [4.78, 5) is 23.6. The van der Waals surface area contributed by atoms with Gasteiger partial charge < -0.3 is 9.47 Å². The summed E-state index contributed by atoms with van der Waals surface area (Å²) in [6.07, 6.45) is 5.51. The lowest BCUT2D eigenvalue weighted by atomic mass is 9.50. The van der Waals surface area contributed by atoms with Crippen molar-refractivity contribution in [2.75, 3.05) is 6.61 Å². The smallest absolute Gasteiger partial charge is 0.306 e. The second-order valence-electron chi connectivity index (χ2n) is 8.19. The van der Waals surface area contributed by atoms with Crippen molar-refractivity contribution in [2.24, 2.45) is 23.7 Å². The molecule has 0 aromatic heterocycles. The molecule has 136 valence electrons. The topological polar surface area (TPSA) is 52.6 Å². The van der Waals surface area contributed by atoms with Gasteiger partial charge in [-0.3, -0.25) is 9.59 Å². The van der Waals surface area contributed by atoms with Crippen LogP contribution in [0.25, 0.3) is 0 Å². The molecule has 4 bridgehead atoms. The first-order chi connectivity index (χ1) is 11.2. The van der Waals surface area contributed by atoms with E-state index in [4.69, 9.17) is 4.74 Å². The van der Waals surface area contributed by atoms with E-state index >= 15 is 0 Å². The van der Waals surface area contributed by atoms with Crippen LogP contribution in [0, 0.1) is 23.7 Å². The molecule has 0 unspecified atom stereocenters. The van der Waals surface area contributed by atoms with Crippen molar-refractivity contribution < 1.29 is 27.8 Å². The number of ether oxygens (including phenoxy) is 2. The Labute approximate surface area is 141 Å². The van der Waals surface area contributed by atoms with Crippen molar-refractivity contribution >= 4 is 11.9 Å².